The van der Waals surface area contributed by atoms with E-state index in [1.54, 1.807) is 18.5 Å². The smallest absolute Gasteiger partial charge is 0.221 e. The Morgan fingerprint density at radius 2 is 1.80 bits per heavy atom. The van der Waals surface area contributed by atoms with Crippen molar-refractivity contribution in [1.29, 1.82) is 0 Å². The molecule has 0 unspecified atom stereocenters. The minimum Gasteiger partial charge on any atom is -0.361 e. The van der Waals surface area contributed by atoms with Gasteiger partial charge in [0.25, 0.3) is 0 Å². The van der Waals surface area contributed by atoms with Crippen LogP contribution in [0, 0.1) is 0 Å². The van der Waals surface area contributed by atoms with E-state index in [2.05, 4.69) is 15.3 Å². The third-order valence-electron chi connectivity index (χ3n) is 5.03. The number of hydrogen-bond donors (Lipinski definition) is 2. The molecule has 2 N–H and O–H groups in total. The minimum atomic E-state index is -0.218. The number of amides is 1. The van der Waals surface area contributed by atoms with Crippen LogP contribution in [0.1, 0.15) is 29.0 Å². The van der Waals surface area contributed by atoms with Crippen molar-refractivity contribution in [2.24, 2.45) is 0 Å². The topological polar surface area (TPSA) is 57.8 Å². The summed E-state index contributed by atoms with van der Waals surface area (Å²) in [6, 6.07) is 14.9. The highest BCUT2D eigenvalue weighted by Gasteiger charge is 2.22. The normalized spacial score (nSPS) is 12.1. The number of fused-ring (bicyclic) bond motifs is 1. The predicted molar refractivity (Wildman–Crippen MR) is 122 cm³/mol. The number of carbonyl (C=O) groups excluding carboxylic acids is 1. The molecule has 0 radical (unpaired) electrons. The molecular weight excluding hydrogens is 441 g/mol. The Kier molecular flexibility index (Phi) is 6.28. The molecule has 30 heavy (non-hydrogen) atoms. The van der Waals surface area contributed by atoms with E-state index >= 15 is 0 Å². The van der Waals surface area contributed by atoms with E-state index in [1.165, 1.54) is 0 Å². The molecule has 1 amide bonds. The van der Waals surface area contributed by atoms with Crippen LogP contribution in [0.5, 0.6) is 0 Å². The lowest BCUT2D eigenvalue weighted by Crippen LogP contribution is -2.25. The third-order valence-corrected chi connectivity index (χ3v) is 6.00. The van der Waals surface area contributed by atoms with Crippen LogP contribution < -0.4 is 5.32 Å². The lowest BCUT2D eigenvalue weighted by Gasteiger charge is -2.18. The summed E-state index contributed by atoms with van der Waals surface area (Å²) in [5.41, 5.74) is 3.83. The molecule has 2 aromatic heterocycles. The zero-order chi connectivity index (χ0) is 21.1. The summed E-state index contributed by atoms with van der Waals surface area (Å²) in [6.07, 6.45) is 5.58. The molecule has 0 aliphatic carbocycles. The van der Waals surface area contributed by atoms with E-state index in [0.29, 0.717) is 21.6 Å². The van der Waals surface area contributed by atoms with E-state index in [4.69, 9.17) is 34.8 Å². The molecule has 0 fully saturated rings. The number of aromatic nitrogens is 2. The Morgan fingerprint density at radius 3 is 2.57 bits per heavy atom. The van der Waals surface area contributed by atoms with Gasteiger partial charge in [-0.2, -0.15) is 0 Å². The van der Waals surface area contributed by atoms with Crippen LogP contribution >= 0.6 is 34.8 Å². The van der Waals surface area contributed by atoms with Crippen LogP contribution in [0.25, 0.3) is 10.9 Å². The van der Waals surface area contributed by atoms with Gasteiger partial charge in [-0.1, -0.05) is 40.9 Å². The predicted octanol–water partition coefficient (Wildman–Crippen LogP) is 6.36. The fourth-order valence-corrected chi connectivity index (χ4v) is 3.98. The quantitative estimate of drug-likeness (QED) is 0.353. The van der Waals surface area contributed by atoms with Crippen LogP contribution in [-0.2, 0) is 11.3 Å². The highest BCUT2D eigenvalue weighted by Crippen LogP contribution is 2.36. The van der Waals surface area contributed by atoms with Crippen LogP contribution in [0.4, 0.5) is 0 Å². The van der Waals surface area contributed by atoms with Gasteiger partial charge >= 0.3 is 0 Å². The summed E-state index contributed by atoms with van der Waals surface area (Å²) < 4.78 is 0. The van der Waals surface area contributed by atoms with Crippen LogP contribution in [0.15, 0.2) is 67.1 Å². The number of aromatic amines is 1. The molecule has 2 heterocycles. The Morgan fingerprint density at radius 1 is 1.00 bits per heavy atom. The average molecular weight is 459 g/mol. The van der Waals surface area contributed by atoms with Gasteiger partial charge in [0.05, 0.1) is 10.0 Å². The lowest BCUT2D eigenvalue weighted by molar-refractivity contribution is -0.121. The van der Waals surface area contributed by atoms with Gasteiger partial charge in [-0.15, -0.1) is 0 Å². The van der Waals surface area contributed by atoms with Crippen LogP contribution in [0.3, 0.4) is 0 Å². The van der Waals surface area contributed by atoms with Crippen LogP contribution in [-0.4, -0.2) is 15.9 Å². The molecule has 0 spiro atoms. The summed E-state index contributed by atoms with van der Waals surface area (Å²) >= 11 is 18.6. The first-order valence-corrected chi connectivity index (χ1v) is 10.5. The number of H-pyrrole nitrogens is 1. The number of rotatable bonds is 6. The maximum Gasteiger partial charge on any atom is 0.221 e. The van der Waals surface area contributed by atoms with Crippen molar-refractivity contribution in [1.82, 2.24) is 15.3 Å². The van der Waals surface area contributed by atoms with Crippen molar-refractivity contribution >= 4 is 51.6 Å². The maximum absolute atomic E-state index is 12.8. The molecule has 4 rings (SSSR count). The van der Waals surface area contributed by atoms with Gasteiger partial charge in [0.1, 0.15) is 0 Å². The van der Waals surface area contributed by atoms with E-state index in [-0.39, 0.29) is 18.2 Å². The largest absolute Gasteiger partial charge is 0.361 e. The zero-order valence-electron chi connectivity index (χ0n) is 15.8. The second kappa shape index (κ2) is 9.09. The Balaban J connectivity index is 1.65. The summed E-state index contributed by atoms with van der Waals surface area (Å²) in [5.74, 6) is -0.288. The van der Waals surface area contributed by atoms with Crippen molar-refractivity contribution in [3.63, 3.8) is 0 Å². The fourth-order valence-electron chi connectivity index (χ4n) is 3.50. The van der Waals surface area contributed by atoms with Crippen LogP contribution in [0.2, 0.25) is 15.1 Å². The molecule has 0 saturated carbocycles. The van der Waals surface area contributed by atoms with Gasteiger partial charge in [0.2, 0.25) is 5.91 Å². The second-order valence-corrected chi connectivity index (χ2v) is 8.25. The van der Waals surface area contributed by atoms with E-state index in [9.17, 15) is 4.79 Å². The van der Waals surface area contributed by atoms with Gasteiger partial charge in [0, 0.05) is 53.4 Å². The number of nitrogens with zero attached hydrogens (tertiary/aromatic N) is 1. The number of pyridine rings is 1. The van der Waals surface area contributed by atoms with Crippen molar-refractivity contribution in [2.75, 3.05) is 0 Å². The molecule has 4 aromatic rings. The van der Waals surface area contributed by atoms with Gasteiger partial charge in [-0.05, 0) is 59.2 Å². The number of carbonyl (C=O) groups is 1. The van der Waals surface area contributed by atoms with Gasteiger partial charge in [-0.25, -0.2) is 0 Å². The molecule has 1 atom stereocenters. The number of nitrogens with one attached hydrogen (secondary N) is 2. The average Bonchev–Trinajstić information content (AvgIpc) is 3.16. The third kappa shape index (κ3) is 4.62. The summed E-state index contributed by atoms with van der Waals surface area (Å²) in [7, 11) is 0. The molecule has 0 saturated heterocycles. The molecule has 0 bridgehead atoms. The van der Waals surface area contributed by atoms with Crippen molar-refractivity contribution < 1.29 is 4.79 Å². The monoisotopic (exact) mass is 457 g/mol. The summed E-state index contributed by atoms with van der Waals surface area (Å²) in [6.45, 7) is 0.440. The first-order chi connectivity index (χ1) is 14.5. The first kappa shape index (κ1) is 20.7. The molecule has 152 valence electrons. The lowest BCUT2D eigenvalue weighted by atomic mass is 9.88. The van der Waals surface area contributed by atoms with Gasteiger partial charge in [0.15, 0.2) is 0 Å². The minimum absolute atomic E-state index is 0.0701. The molecule has 7 heteroatoms. The van der Waals surface area contributed by atoms with Crippen molar-refractivity contribution in [3.05, 3.63) is 98.9 Å². The SMILES string of the molecule is O=C(C[C@@H](c1ccc(Cl)c(Cl)c1)c1c[nH]c2ccc(Cl)cc12)NCc1ccncc1. The zero-order valence-corrected chi connectivity index (χ0v) is 18.1. The Labute approximate surface area is 189 Å². The van der Waals surface area contributed by atoms with Crippen molar-refractivity contribution in [3.8, 4) is 0 Å². The molecule has 2 aromatic carbocycles. The first-order valence-electron chi connectivity index (χ1n) is 9.38. The Hall–Kier alpha value is -2.53. The Bertz CT molecular complexity index is 1190. The molecule has 0 aliphatic rings. The highest BCUT2D eigenvalue weighted by atomic mass is 35.5. The van der Waals surface area contributed by atoms with Crippen molar-refractivity contribution in [2.45, 2.75) is 18.9 Å². The van der Waals surface area contributed by atoms with Gasteiger partial charge in [-0.3, -0.25) is 9.78 Å². The molecular formula is C23H18Cl3N3O. The molecule has 4 nitrogen and oxygen atoms in total. The number of benzene rings is 2. The maximum atomic E-state index is 12.8. The highest BCUT2D eigenvalue weighted by molar-refractivity contribution is 6.42. The number of hydrogen-bond acceptors (Lipinski definition) is 2. The van der Waals surface area contributed by atoms with E-state index in [1.807, 2.05) is 48.7 Å². The summed E-state index contributed by atoms with van der Waals surface area (Å²) in [5, 5.41) is 5.52. The van der Waals surface area contributed by atoms with E-state index in [0.717, 1.165) is 27.6 Å². The molecule has 0 aliphatic heterocycles. The fraction of sp³-hybridized carbons (Fsp3) is 0.130. The second-order valence-electron chi connectivity index (χ2n) is 7.00. The number of halogens is 3. The summed E-state index contributed by atoms with van der Waals surface area (Å²) in [4.78, 5) is 20.1. The van der Waals surface area contributed by atoms with Gasteiger partial charge < -0.3 is 10.3 Å². The van der Waals surface area contributed by atoms with E-state index < -0.39 is 0 Å². The standard InChI is InChI=1S/C23H18Cl3N3O/c24-16-2-4-22-18(10-16)19(13-28-22)17(15-1-3-20(25)21(26)9-15)11-23(30)29-12-14-5-7-27-8-6-14/h1-10,13,17,28H,11-12H2,(H,29,30)/t17-/m0/s1.